The molecule has 1 N–H and O–H groups in total. The standard InChI is InChI=1S/C19H33N5S.HI/c1-15(2)12-16-7-11-24(13-16)18(20-3)21-8-6-17-14-25-19(22-17)23-9-4-5-10-23;/h14-16H,4-13H2,1-3H3,(H,20,21);1H. The summed E-state index contributed by atoms with van der Waals surface area (Å²) in [6.07, 6.45) is 6.20. The fraction of sp³-hybridized carbons (Fsp3) is 0.789. The Bertz CT molecular complexity index is 568. The van der Waals surface area contributed by atoms with Crippen LogP contribution in [0.4, 0.5) is 5.13 Å². The van der Waals surface area contributed by atoms with E-state index >= 15 is 0 Å². The monoisotopic (exact) mass is 491 g/mol. The summed E-state index contributed by atoms with van der Waals surface area (Å²) in [6.45, 7) is 10.2. The van der Waals surface area contributed by atoms with Crippen molar-refractivity contribution in [2.24, 2.45) is 16.8 Å². The molecule has 148 valence electrons. The molecule has 1 atom stereocenters. The lowest BCUT2D eigenvalue weighted by Crippen LogP contribution is -2.41. The van der Waals surface area contributed by atoms with E-state index < -0.39 is 0 Å². The number of guanidine groups is 1. The third-order valence-corrected chi connectivity index (χ3v) is 6.13. The Labute approximate surface area is 179 Å². The molecule has 0 amide bonds. The van der Waals surface area contributed by atoms with E-state index in [1.165, 1.54) is 49.6 Å². The molecule has 2 fully saturated rings. The van der Waals surface area contributed by atoms with Gasteiger partial charge >= 0.3 is 0 Å². The van der Waals surface area contributed by atoms with Crippen molar-refractivity contribution in [3.63, 3.8) is 0 Å². The van der Waals surface area contributed by atoms with Gasteiger partial charge in [0.25, 0.3) is 0 Å². The molecule has 1 aromatic heterocycles. The molecule has 1 aromatic rings. The summed E-state index contributed by atoms with van der Waals surface area (Å²) in [5.74, 6) is 2.66. The highest BCUT2D eigenvalue weighted by Gasteiger charge is 2.25. The van der Waals surface area contributed by atoms with Gasteiger partial charge < -0.3 is 15.1 Å². The van der Waals surface area contributed by atoms with E-state index in [1.807, 2.05) is 7.05 Å². The number of hydrogen-bond acceptors (Lipinski definition) is 4. The zero-order chi connectivity index (χ0) is 17.6. The average Bonchev–Trinajstić information content (AvgIpc) is 3.32. The molecule has 2 aliphatic rings. The van der Waals surface area contributed by atoms with E-state index in [-0.39, 0.29) is 24.0 Å². The maximum Gasteiger partial charge on any atom is 0.193 e. The summed E-state index contributed by atoms with van der Waals surface area (Å²) in [5, 5.41) is 6.96. The highest BCUT2D eigenvalue weighted by molar-refractivity contribution is 14.0. The molecular formula is C19H34IN5S. The van der Waals surface area contributed by atoms with Crippen LogP contribution in [0.5, 0.6) is 0 Å². The molecule has 7 heteroatoms. The summed E-state index contributed by atoms with van der Waals surface area (Å²) in [4.78, 5) is 14.1. The van der Waals surface area contributed by atoms with Crippen LogP contribution in [0.3, 0.4) is 0 Å². The Morgan fingerprint density at radius 3 is 2.81 bits per heavy atom. The van der Waals surface area contributed by atoms with Gasteiger partial charge in [-0.15, -0.1) is 35.3 Å². The van der Waals surface area contributed by atoms with Crippen molar-refractivity contribution >= 4 is 46.4 Å². The van der Waals surface area contributed by atoms with Gasteiger partial charge in [-0.1, -0.05) is 13.8 Å². The number of aromatic nitrogens is 1. The Morgan fingerprint density at radius 2 is 2.12 bits per heavy atom. The Kier molecular flexibility index (Phi) is 8.93. The predicted octanol–water partition coefficient (Wildman–Crippen LogP) is 3.85. The van der Waals surface area contributed by atoms with E-state index in [9.17, 15) is 0 Å². The zero-order valence-electron chi connectivity index (χ0n) is 16.4. The third-order valence-electron chi connectivity index (χ3n) is 5.18. The maximum absolute atomic E-state index is 4.81. The fourth-order valence-corrected chi connectivity index (χ4v) is 4.90. The second-order valence-corrected chi connectivity index (χ2v) is 8.61. The van der Waals surface area contributed by atoms with Gasteiger partial charge in [0, 0.05) is 51.6 Å². The van der Waals surface area contributed by atoms with Crippen molar-refractivity contribution in [1.29, 1.82) is 0 Å². The Hall–Kier alpha value is -0.570. The topological polar surface area (TPSA) is 43.8 Å². The molecule has 26 heavy (non-hydrogen) atoms. The van der Waals surface area contributed by atoms with Crippen LogP contribution in [0.25, 0.3) is 0 Å². The van der Waals surface area contributed by atoms with E-state index in [0.717, 1.165) is 43.9 Å². The van der Waals surface area contributed by atoms with Crippen molar-refractivity contribution in [1.82, 2.24) is 15.2 Å². The first kappa shape index (κ1) is 21.7. The SMILES string of the molecule is CN=C(NCCc1csc(N2CCCC2)n1)N1CCC(CC(C)C)C1.I. The summed E-state index contributed by atoms with van der Waals surface area (Å²) in [5.41, 5.74) is 1.20. The molecule has 0 aliphatic carbocycles. The quantitative estimate of drug-likeness (QED) is 0.373. The molecule has 0 spiro atoms. The largest absolute Gasteiger partial charge is 0.356 e. The number of rotatable bonds is 6. The minimum absolute atomic E-state index is 0. The van der Waals surface area contributed by atoms with Gasteiger partial charge in [-0.05, 0) is 37.5 Å². The molecule has 2 saturated heterocycles. The highest BCUT2D eigenvalue weighted by Crippen LogP contribution is 2.25. The van der Waals surface area contributed by atoms with Crippen LogP contribution in [0.1, 0.15) is 45.2 Å². The normalized spacial score (nSPS) is 20.8. The van der Waals surface area contributed by atoms with Crippen LogP contribution in [-0.4, -0.2) is 55.6 Å². The van der Waals surface area contributed by atoms with E-state index in [1.54, 1.807) is 11.3 Å². The molecular weight excluding hydrogens is 457 g/mol. The van der Waals surface area contributed by atoms with Crippen LogP contribution in [-0.2, 0) is 6.42 Å². The van der Waals surface area contributed by atoms with Gasteiger partial charge in [0.2, 0.25) is 0 Å². The number of likely N-dealkylation sites (tertiary alicyclic amines) is 1. The number of halogens is 1. The van der Waals surface area contributed by atoms with Crippen LogP contribution < -0.4 is 10.2 Å². The average molecular weight is 491 g/mol. The second kappa shape index (κ2) is 10.7. The van der Waals surface area contributed by atoms with Crippen LogP contribution in [0.2, 0.25) is 0 Å². The van der Waals surface area contributed by atoms with Crippen LogP contribution in [0, 0.1) is 11.8 Å². The van der Waals surface area contributed by atoms with E-state index in [2.05, 4.69) is 39.3 Å². The third kappa shape index (κ3) is 5.97. The summed E-state index contributed by atoms with van der Waals surface area (Å²) in [6, 6.07) is 0. The first-order valence-corrected chi connectivity index (χ1v) is 10.7. The molecule has 3 rings (SSSR count). The number of anilines is 1. The minimum atomic E-state index is 0. The van der Waals surface area contributed by atoms with Gasteiger partial charge in [0.1, 0.15) is 0 Å². The van der Waals surface area contributed by atoms with Gasteiger partial charge in [0.05, 0.1) is 5.69 Å². The second-order valence-electron chi connectivity index (χ2n) is 7.77. The lowest BCUT2D eigenvalue weighted by molar-refractivity contribution is 0.403. The van der Waals surface area contributed by atoms with Crippen molar-refractivity contribution in [2.45, 2.75) is 46.0 Å². The fourth-order valence-electron chi connectivity index (χ4n) is 3.98. The van der Waals surface area contributed by atoms with Crippen molar-refractivity contribution < 1.29 is 0 Å². The molecule has 1 unspecified atom stereocenters. The molecule has 5 nitrogen and oxygen atoms in total. The minimum Gasteiger partial charge on any atom is -0.356 e. The first-order chi connectivity index (χ1) is 12.2. The molecule has 0 aromatic carbocycles. The smallest absolute Gasteiger partial charge is 0.193 e. The Balaban J connectivity index is 0.00000243. The summed E-state index contributed by atoms with van der Waals surface area (Å²) >= 11 is 1.79. The lowest BCUT2D eigenvalue weighted by atomic mass is 9.97. The molecule has 3 heterocycles. The predicted molar refractivity (Wildman–Crippen MR) is 123 cm³/mol. The van der Waals surface area contributed by atoms with E-state index in [0.29, 0.717) is 0 Å². The first-order valence-electron chi connectivity index (χ1n) is 9.80. The van der Waals surface area contributed by atoms with Crippen LogP contribution in [0.15, 0.2) is 10.4 Å². The van der Waals surface area contributed by atoms with Crippen molar-refractivity contribution in [2.75, 3.05) is 44.7 Å². The van der Waals surface area contributed by atoms with Gasteiger partial charge in [-0.3, -0.25) is 4.99 Å². The summed E-state index contributed by atoms with van der Waals surface area (Å²) in [7, 11) is 1.90. The van der Waals surface area contributed by atoms with E-state index in [4.69, 9.17) is 4.98 Å². The molecule has 2 aliphatic heterocycles. The van der Waals surface area contributed by atoms with Gasteiger partial charge in [0.15, 0.2) is 11.1 Å². The molecule has 0 radical (unpaired) electrons. The number of nitrogens with one attached hydrogen (secondary N) is 1. The van der Waals surface area contributed by atoms with Crippen molar-refractivity contribution in [3.05, 3.63) is 11.1 Å². The maximum atomic E-state index is 4.81. The molecule has 0 bridgehead atoms. The number of thiazole rings is 1. The van der Waals surface area contributed by atoms with Crippen LogP contribution >= 0.6 is 35.3 Å². The number of hydrogen-bond donors (Lipinski definition) is 1. The number of nitrogens with zero attached hydrogens (tertiary/aromatic N) is 4. The van der Waals surface area contributed by atoms with Gasteiger partial charge in [-0.25, -0.2) is 4.98 Å². The molecule has 0 saturated carbocycles. The van der Waals surface area contributed by atoms with Crippen molar-refractivity contribution in [3.8, 4) is 0 Å². The number of aliphatic imine (C=N–C) groups is 1. The Morgan fingerprint density at radius 1 is 1.35 bits per heavy atom. The van der Waals surface area contributed by atoms with Gasteiger partial charge in [-0.2, -0.15) is 0 Å². The summed E-state index contributed by atoms with van der Waals surface area (Å²) < 4.78 is 0. The lowest BCUT2D eigenvalue weighted by Gasteiger charge is -2.22. The highest BCUT2D eigenvalue weighted by atomic mass is 127. The zero-order valence-corrected chi connectivity index (χ0v) is 19.6.